The van der Waals surface area contributed by atoms with E-state index in [0.29, 0.717) is 19.4 Å². The van der Waals surface area contributed by atoms with Crippen molar-refractivity contribution in [2.24, 2.45) is 11.0 Å². The Morgan fingerprint density at radius 1 is 1.26 bits per heavy atom. The van der Waals surface area contributed by atoms with Crippen LogP contribution in [0.5, 0.6) is 0 Å². The SMILES string of the molecule is C/C(=N/NC(=O)[C@H]1CCCN(S(=O)(=O)c2ccc(C)cc2)C1)c1cccs1. The van der Waals surface area contributed by atoms with Gasteiger partial charge in [-0.3, -0.25) is 4.79 Å². The molecule has 1 fully saturated rings. The van der Waals surface area contributed by atoms with Crippen molar-refractivity contribution in [3.8, 4) is 0 Å². The molecule has 0 spiro atoms. The Balaban J connectivity index is 1.67. The Kier molecular flexibility index (Phi) is 6.08. The maximum atomic E-state index is 12.9. The highest BCUT2D eigenvalue weighted by molar-refractivity contribution is 7.89. The van der Waals surface area contributed by atoms with E-state index in [2.05, 4.69) is 10.5 Å². The van der Waals surface area contributed by atoms with Gasteiger partial charge in [-0.2, -0.15) is 9.41 Å². The van der Waals surface area contributed by atoms with Gasteiger partial charge >= 0.3 is 0 Å². The first kappa shape index (κ1) is 19.7. The van der Waals surface area contributed by atoms with Gasteiger partial charge in [0.25, 0.3) is 0 Å². The largest absolute Gasteiger partial charge is 0.273 e. The second-order valence-corrected chi connectivity index (χ2v) is 9.55. The minimum Gasteiger partial charge on any atom is -0.273 e. The Morgan fingerprint density at radius 3 is 2.67 bits per heavy atom. The number of nitrogens with one attached hydrogen (secondary N) is 1. The standard InChI is InChI=1S/C19H23N3O3S2/c1-14-7-9-17(10-8-14)27(24,25)22-11-3-5-16(13-22)19(23)21-20-15(2)18-6-4-12-26-18/h4,6-10,12,16H,3,5,11,13H2,1-2H3,(H,21,23)/b20-15-/t16-/m0/s1. The number of piperidine rings is 1. The van der Waals surface area contributed by atoms with Crippen molar-refractivity contribution in [3.05, 3.63) is 52.2 Å². The van der Waals surface area contributed by atoms with E-state index < -0.39 is 15.9 Å². The first-order valence-electron chi connectivity index (χ1n) is 8.83. The van der Waals surface area contributed by atoms with Gasteiger partial charge in [0, 0.05) is 18.0 Å². The summed E-state index contributed by atoms with van der Waals surface area (Å²) in [5.74, 6) is -0.645. The molecule has 1 amide bonds. The molecule has 0 aliphatic carbocycles. The highest BCUT2D eigenvalue weighted by Crippen LogP contribution is 2.24. The molecular weight excluding hydrogens is 382 g/mol. The summed E-state index contributed by atoms with van der Waals surface area (Å²) in [6, 6.07) is 10.7. The van der Waals surface area contributed by atoms with Crippen LogP contribution in [0.4, 0.5) is 0 Å². The van der Waals surface area contributed by atoms with E-state index in [-0.39, 0.29) is 17.3 Å². The van der Waals surface area contributed by atoms with Crippen molar-refractivity contribution >= 4 is 33.0 Å². The van der Waals surface area contributed by atoms with Gasteiger partial charge in [0.1, 0.15) is 0 Å². The monoisotopic (exact) mass is 405 g/mol. The molecule has 0 radical (unpaired) electrons. The highest BCUT2D eigenvalue weighted by atomic mass is 32.2. The molecule has 27 heavy (non-hydrogen) atoms. The summed E-state index contributed by atoms with van der Waals surface area (Å²) in [6.07, 6.45) is 1.30. The molecule has 3 rings (SSSR count). The van der Waals surface area contributed by atoms with Gasteiger partial charge in [-0.05, 0) is 50.3 Å². The number of hydrazone groups is 1. The Hall–Kier alpha value is -2.03. The molecule has 0 bridgehead atoms. The zero-order chi connectivity index (χ0) is 19.4. The summed E-state index contributed by atoms with van der Waals surface area (Å²) in [6.45, 7) is 4.35. The number of carbonyl (C=O) groups is 1. The van der Waals surface area contributed by atoms with Crippen LogP contribution in [0.1, 0.15) is 30.2 Å². The van der Waals surface area contributed by atoms with Crippen LogP contribution in [-0.4, -0.2) is 37.4 Å². The molecule has 1 aromatic carbocycles. The minimum absolute atomic E-state index is 0.176. The number of nitrogens with zero attached hydrogens (tertiary/aromatic N) is 2. The second-order valence-electron chi connectivity index (χ2n) is 6.67. The fourth-order valence-corrected chi connectivity index (χ4v) is 5.20. The van der Waals surface area contributed by atoms with Crippen LogP contribution in [0, 0.1) is 12.8 Å². The minimum atomic E-state index is -3.59. The number of hydrogen-bond donors (Lipinski definition) is 1. The van der Waals surface area contributed by atoms with Gasteiger partial charge in [-0.25, -0.2) is 13.8 Å². The van der Waals surface area contributed by atoms with Crippen LogP contribution in [0.25, 0.3) is 0 Å². The van der Waals surface area contributed by atoms with Crippen LogP contribution in [0.15, 0.2) is 51.8 Å². The molecule has 0 saturated carbocycles. The maximum absolute atomic E-state index is 12.9. The molecular formula is C19H23N3O3S2. The summed E-state index contributed by atoms with van der Waals surface area (Å²) < 4.78 is 27.1. The Bertz CT molecular complexity index is 920. The molecule has 8 heteroatoms. The van der Waals surface area contributed by atoms with E-state index in [4.69, 9.17) is 0 Å². The van der Waals surface area contributed by atoms with Crippen molar-refractivity contribution in [2.45, 2.75) is 31.6 Å². The molecule has 1 aromatic heterocycles. The van der Waals surface area contributed by atoms with Crippen molar-refractivity contribution < 1.29 is 13.2 Å². The molecule has 0 unspecified atom stereocenters. The van der Waals surface area contributed by atoms with Crippen LogP contribution in [0.2, 0.25) is 0 Å². The molecule has 2 heterocycles. The molecule has 1 atom stereocenters. The maximum Gasteiger partial charge on any atom is 0.244 e. The van der Waals surface area contributed by atoms with E-state index in [1.807, 2.05) is 31.4 Å². The number of sulfonamides is 1. The number of carbonyl (C=O) groups excluding carboxylic acids is 1. The van der Waals surface area contributed by atoms with Crippen molar-refractivity contribution in [1.82, 2.24) is 9.73 Å². The van der Waals surface area contributed by atoms with Gasteiger partial charge < -0.3 is 0 Å². The van der Waals surface area contributed by atoms with Gasteiger partial charge in [-0.1, -0.05) is 23.8 Å². The van der Waals surface area contributed by atoms with E-state index in [1.165, 1.54) is 4.31 Å². The Labute approximate surface area is 164 Å². The van der Waals surface area contributed by atoms with Gasteiger partial charge in [0.15, 0.2) is 0 Å². The number of thiophene rings is 1. The first-order chi connectivity index (χ1) is 12.9. The highest BCUT2D eigenvalue weighted by Gasteiger charge is 2.33. The van der Waals surface area contributed by atoms with Gasteiger partial charge in [-0.15, -0.1) is 11.3 Å². The zero-order valence-electron chi connectivity index (χ0n) is 15.4. The van der Waals surface area contributed by atoms with Crippen LogP contribution in [0.3, 0.4) is 0 Å². The molecule has 1 saturated heterocycles. The van der Waals surface area contributed by atoms with E-state index >= 15 is 0 Å². The molecule has 1 aliphatic heterocycles. The smallest absolute Gasteiger partial charge is 0.244 e. The summed E-state index contributed by atoms with van der Waals surface area (Å²) >= 11 is 1.55. The summed E-state index contributed by atoms with van der Waals surface area (Å²) in [4.78, 5) is 13.7. The number of benzene rings is 1. The molecule has 1 aliphatic rings. The van der Waals surface area contributed by atoms with E-state index in [1.54, 1.807) is 35.6 Å². The van der Waals surface area contributed by atoms with Crippen molar-refractivity contribution in [2.75, 3.05) is 13.1 Å². The van der Waals surface area contributed by atoms with Gasteiger partial charge in [0.2, 0.25) is 15.9 Å². The lowest BCUT2D eigenvalue weighted by molar-refractivity contribution is -0.126. The fraction of sp³-hybridized carbons (Fsp3) is 0.368. The Morgan fingerprint density at radius 2 is 2.00 bits per heavy atom. The van der Waals surface area contributed by atoms with E-state index in [9.17, 15) is 13.2 Å². The molecule has 2 aromatic rings. The molecule has 6 nitrogen and oxygen atoms in total. The second kappa shape index (κ2) is 8.33. The molecule has 1 N–H and O–H groups in total. The summed E-state index contributed by atoms with van der Waals surface area (Å²) in [7, 11) is -3.59. The van der Waals surface area contributed by atoms with Gasteiger partial charge in [0.05, 0.1) is 16.5 Å². The number of hydrogen-bond acceptors (Lipinski definition) is 5. The number of amides is 1. The van der Waals surface area contributed by atoms with Crippen molar-refractivity contribution in [3.63, 3.8) is 0 Å². The normalized spacial score (nSPS) is 19.0. The third-order valence-electron chi connectivity index (χ3n) is 4.63. The van der Waals surface area contributed by atoms with Crippen LogP contribution >= 0.6 is 11.3 Å². The quantitative estimate of drug-likeness (QED) is 0.613. The summed E-state index contributed by atoms with van der Waals surface area (Å²) in [5.41, 5.74) is 4.33. The number of rotatable bonds is 5. The lowest BCUT2D eigenvalue weighted by Gasteiger charge is -2.30. The molecule has 144 valence electrons. The van der Waals surface area contributed by atoms with E-state index in [0.717, 1.165) is 16.2 Å². The zero-order valence-corrected chi connectivity index (χ0v) is 17.0. The predicted molar refractivity (Wildman–Crippen MR) is 107 cm³/mol. The third kappa shape index (κ3) is 4.63. The predicted octanol–water partition coefficient (Wildman–Crippen LogP) is 3.00. The topological polar surface area (TPSA) is 78.8 Å². The van der Waals surface area contributed by atoms with Crippen LogP contribution in [-0.2, 0) is 14.8 Å². The summed E-state index contributed by atoms with van der Waals surface area (Å²) in [5, 5.41) is 6.11. The fourth-order valence-electron chi connectivity index (χ4n) is 3.00. The average molecular weight is 406 g/mol. The van der Waals surface area contributed by atoms with Crippen molar-refractivity contribution in [1.29, 1.82) is 0 Å². The third-order valence-corrected chi connectivity index (χ3v) is 7.48. The lowest BCUT2D eigenvalue weighted by atomic mass is 9.99. The number of aryl methyl sites for hydroxylation is 1. The van der Waals surface area contributed by atoms with Crippen LogP contribution < -0.4 is 5.43 Å². The lowest BCUT2D eigenvalue weighted by Crippen LogP contribution is -2.44. The average Bonchev–Trinajstić information content (AvgIpc) is 3.21. The first-order valence-corrected chi connectivity index (χ1v) is 11.1.